The van der Waals surface area contributed by atoms with Gasteiger partial charge in [-0.15, -0.1) is 0 Å². The van der Waals surface area contributed by atoms with E-state index in [0.29, 0.717) is 5.75 Å². The fraction of sp³-hybridized carbons (Fsp3) is 0.583. The molecule has 5 nitrogen and oxygen atoms in total. The van der Waals surface area contributed by atoms with Gasteiger partial charge in [-0.25, -0.2) is 4.98 Å². The highest BCUT2D eigenvalue weighted by atomic mass is 32.2. The third-order valence-corrected chi connectivity index (χ3v) is 3.49. The Morgan fingerprint density at radius 2 is 2.50 bits per heavy atom. The third-order valence-electron chi connectivity index (χ3n) is 2.94. The molecule has 0 radical (unpaired) electrons. The maximum absolute atomic E-state index is 11.6. The summed E-state index contributed by atoms with van der Waals surface area (Å²) in [6, 6.07) is 0.223. The Balaban J connectivity index is 1.91. The Bertz CT molecular complexity index is 387. The molecule has 1 atom stereocenters. The molecule has 1 unspecified atom stereocenters. The van der Waals surface area contributed by atoms with Crippen LogP contribution in [-0.2, 0) is 4.79 Å². The lowest BCUT2D eigenvalue weighted by molar-refractivity contribution is -0.119. The van der Waals surface area contributed by atoms with Gasteiger partial charge >= 0.3 is 0 Å². The van der Waals surface area contributed by atoms with Gasteiger partial charge in [-0.1, -0.05) is 0 Å². The third kappa shape index (κ3) is 3.60. The van der Waals surface area contributed by atoms with E-state index in [0.717, 1.165) is 31.7 Å². The molecule has 98 valence electrons. The molecule has 1 N–H and O–H groups in total. The van der Waals surface area contributed by atoms with E-state index in [-0.39, 0.29) is 11.9 Å². The highest BCUT2D eigenvalue weighted by Crippen LogP contribution is 2.16. The number of aromatic nitrogens is 2. The van der Waals surface area contributed by atoms with Crippen molar-refractivity contribution in [2.75, 3.05) is 30.0 Å². The molecule has 1 saturated heterocycles. The molecular weight excluding hydrogens is 248 g/mol. The number of anilines is 1. The van der Waals surface area contributed by atoms with E-state index >= 15 is 0 Å². The van der Waals surface area contributed by atoms with Crippen LogP contribution in [0.5, 0.6) is 0 Å². The van der Waals surface area contributed by atoms with Gasteiger partial charge < -0.3 is 10.2 Å². The zero-order valence-corrected chi connectivity index (χ0v) is 11.3. The van der Waals surface area contributed by atoms with Crippen molar-refractivity contribution < 1.29 is 4.79 Å². The zero-order valence-electron chi connectivity index (χ0n) is 10.5. The van der Waals surface area contributed by atoms with Crippen molar-refractivity contribution in [1.82, 2.24) is 15.3 Å². The zero-order chi connectivity index (χ0) is 12.8. The summed E-state index contributed by atoms with van der Waals surface area (Å²) < 4.78 is 0. The van der Waals surface area contributed by atoms with E-state index in [1.54, 1.807) is 30.4 Å². The topological polar surface area (TPSA) is 58.1 Å². The molecule has 1 aliphatic heterocycles. The van der Waals surface area contributed by atoms with Crippen LogP contribution in [-0.4, -0.2) is 47.0 Å². The van der Waals surface area contributed by atoms with Gasteiger partial charge in [0.15, 0.2) is 0 Å². The molecule has 1 amide bonds. The number of hydrogen-bond acceptors (Lipinski definition) is 5. The lowest BCUT2D eigenvalue weighted by Gasteiger charge is -2.33. The average molecular weight is 266 g/mol. The summed E-state index contributed by atoms with van der Waals surface area (Å²) in [6.45, 7) is 1.80. The standard InChI is InChI=1S/C12H18N4OS/c1-18-9-12(17)15-10-3-2-6-16(8-10)11-7-13-4-5-14-11/h4-5,7,10H,2-3,6,8-9H2,1H3,(H,15,17). The molecule has 0 aliphatic carbocycles. The van der Waals surface area contributed by atoms with Crippen molar-refractivity contribution in [2.24, 2.45) is 0 Å². The largest absolute Gasteiger partial charge is 0.353 e. The van der Waals surface area contributed by atoms with E-state index in [2.05, 4.69) is 20.2 Å². The number of hydrogen-bond donors (Lipinski definition) is 1. The molecule has 1 aromatic heterocycles. The molecule has 2 rings (SSSR count). The first kappa shape index (κ1) is 13.1. The molecule has 2 heterocycles. The van der Waals surface area contributed by atoms with Gasteiger partial charge in [0.25, 0.3) is 0 Å². The molecule has 1 aromatic rings. The second-order valence-electron chi connectivity index (χ2n) is 4.35. The van der Waals surface area contributed by atoms with Crippen LogP contribution in [0.1, 0.15) is 12.8 Å². The summed E-state index contributed by atoms with van der Waals surface area (Å²) in [5.74, 6) is 1.54. The molecule has 6 heteroatoms. The fourth-order valence-corrected chi connectivity index (χ4v) is 2.50. The predicted octanol–water partition coefficient (Wildman–Crippen LogP) is 0.925. The SMILES string of the molecule is CSCC(=O)NC1CCCN(c2cnccn2)C1. The van der Waals surface area contributed by atoms with Crippen LogP contribution in [0.3, 0.4) is 0 Å². The fourth-order valence-electron chi connectivity index (χ4n) is 2.16. The van der Waals surface area contributed by atoms with E-state index in [1.807, 2.05) is 6.26 Å². The van der Waals surface area contributed by atoms with Crippen LogP contribution in [0, 0.1) is 0 Å². The molecule has 1 fully saturated rings. The van der Waals surface area contributed by atoms with Crippen LogP contribution in [0.4, 0.5) is 5.82 Å². The number of amides is 1. The second kappa shape index (κ2) is 6.58. The van der Waals surface area contributed by atoms with E-state index < -0.39 is 0 Å². The van der Waals surface area contributed by atoms with Crippen LogP contribution >= 0.6 is 11.8 Å². The quantitative estimate of drug-likeness (QED) is 0.878. The van der Waals surface area contributed by atoms with Crippen molar-refractivity contribution in [1.29, 1.82) is 0 Å². The summed E-state index contributed by atoms with van der Waals surface area (Å²) >= 11 is 1.55. The van der Waals surface area contributed by atoms with Crippen LogP contribution in [0.15, 0.2) is 18.6 Å². The van der Waals surface area contributed by atoms with Crippen LogP contribution in [0.2, 0.25) is 0 Å². The maximum atomic E-state index is 11.6. The number of piperidine rings is 1. The average Bonchev–Trinajstić information content (AvgIpc) is 2.40. The van der Waals surface area contributed by atoms with Crippen molar-refractivity contribution in [3.63, 3.8) is 0 Å². The number of nitrogens with zero attached hydrogens (tertiary/aromatic N) is 3. The first-order chi connectivity index (χ1) is 8.79. The first-order valence-electron chi connectivity index (χ1n) is 6.09. The summed E-state index contributed by atoms with van der Waals surface area (Å²) in [4.78, 5) is 22.1. The smallest absolute Gasteiger partial charge is 0.230 e. The van der Waals surface area contributed by atoms with Gasteiger partial charge in [0.2, 0.25) is 5.91 Å². The number of rotatable bonds is 4. The number of thioether (sulfide) groups is 1. The van der Waals surface area contributed by atoms with Gasteiger partial charge in [0.1, 0.15) is 5.82 Å². The monoisotopic (exact) mass is 266 g/mol. The molecule has 0 bridgehead atoms. The highest BCUT2D eigenvalue weighted by Gasteiger charge is 2.22. The van der Waals surface area contributed by atoms with E-state index in [9.17, 15) is 4.79 Å². The summed E-state index contributed by atoms with van der Waals surface area (Å²) in [6.07, 6.45) is 9.19. The summed E-state index contributed by atoms with van der Waals surface area (Å²) in [5.41, 5.74) is 0. The van der Waals surface area contributed by atoms with Crippen molar-refractivity contribution in [3.8, 4) is 0 Å². The lowest BCUT2D eigenvalue weighted by atomic mass is 10.1. The summed E-state index contributed by atoms with van der Waals surface area (Å²) in [5, 5.41) is 3.07. The van der Waals surface area contributed by atoms with E-state index in [4.69, 9.17) is 0 Å². The Morgan fingerprint density at radius 1 is 1.61 bits per heavy atom. The molecule has 1 aliphatic rings. The number of carbonyl (C=O) groups excluding carboxylic acids is 1. The minimum atomic E-state index is 0.119. The number of carbonyl (C=O) groups is 1. The minimum Gasteiger partial charge on any atom is -0.353 e. The van der Waals surface area contributed by atoms with Crippen LogP contribution < -0.4 is 10.2 Å². The Morgan fingerprint density at radius 3 is 3.22 bits per heavy atom. The molecule has 18 heavy (non-hydrogen) atoms. The molecular formula is C12H18N4OS. The molecule has 0 aromatic carbocycles. The molecule has 0 spiro atoms. The van der Waals surface area contributed by atoms with Crippen LogP contribution in [0.25, 0.3) is 0 Å². The van der Waals surface area contributed by atoms with Gasteiger partial charge in [-0.3, -0.25) is 9.78 Å². The van der Waals surface area contributed by atoms with Crippen molar-refractivity contribution in [3.05, 3.63) is 18.6 Å². The normalized spacial score (nSPS) is 19.6. The Labute approximate surface area is 111 Å². The number of nitrogens with one attached hydrogen (secondary N) is 1. The second-order valence-corrected chi connectivity index (χ2v) is 5.22. The highest BCUT2D eigenvalue weighted by molar-refractivity contribution is 7.99. The first-order valence-corrected chi connectivity index (χ1v) is 7.48. The minimum absolute atomic E-state index is 0.119. The van der Waals surface area contributed by atoms with Gasteiger partial charge in [0, 0.05) is 31.5 Å². The Hall–Kier alpha value is -1.30. The molecule has 0 saturated carbocycles. The lowest BCUT2D eigenvalue weighted by Crippen LogP contribution is -2.48. The van der Waals surface area contributed by atoms with Gasteiger partial charge in [0.05, 0.1) is 11.9 Å². The summed E-state index contributed by atoms with van der Waals surface area (Å²) in [7, 11) is 0. The van der Waals surface area contributed by atoms with Gasteiger partial charge in [-0.2, -0.15) is 11.8 Å². The van der Waals surface area contributed by atoms with Crippen molar-refractivity contribution >= 4 is 23.5 Å². The van der Waals surface area contributed by atoms with E-state index in [1.165, 1.54) is 0 Å². The van der Waals surface area contributed by atoms with Gasteiger partial charge in [-0.05, 0) is 19.1 Å². The van der Waals surface area contributed by atoms with Crippen molar-refractivity contribution in [2.45, 2.75) is 18.9 Å². The predicted molar refractivity (Wildman–Crippen MR) is 73.8 cm³/mol. The Kier molecular flexibility index (Phi) is 4.81. The maximum Gasteiger partial charge on any atom is 0.230 e.